The van der Waals surface area contributed by atoms with E-state index in [0.717, 1.165) is 27.1 Å². The number of imide groups is 1. The first-order chi connectivity index (χ1) is 14.7. The van der Waals surface area contributed by atoms with Crippen molar-refractivity contribution >= 4 is 40.6 Å². The third kappa shape index (κ3) is 5.22. The van der Waals surface area contributed by atoms with Crippen LogP contribution in [0.1, 0.15) is 38.7 Å². The molecule has 4 atom stereocenters. The minimum absolute atomic E-state index is 0.00140. The fourth-order valence-corrected chi connectivity index (χ4v) is 5.71. The van der Waals surface area contributed by atoms with E-state index in [1.54, 1.807) is 18.7 Å². The highest BCUT2D eigenvalue weighted by molar-refractivity contribution is 8.13. The molecule has 0 aliphatic carbocycles. The first-order valence-electron chi connectivity index (χ1n) is 10.4. The van der Waals surface area contributed by atoms with Crippen molar-refractivity contribution in [3.8, 4) is 0 Å². The second-order valence-electron chi connectivity index (χ2n) is 8.14. The monoisotopic (exact) mass is 458 g/mol. The van der Waals surface area contributed by atoms with Crippen LogP contribution in [0.4, 0.5) is 4.79 Å². The molecule has 1 N–H and O–H groups in total. The van der Waals surface area contributed by atoms with Crippen LogP contribution in [0.15, 0.2) is 64.4 Å². The van der Waals surface area contributed by atoms with Gasteiger partial charge in [-0.15, -0.1) is 0 Å². The highest BCUT2D eigenvalue weighted by Gasteiger charge is 2.57. The van der Waals surface area contributed by atoms with Gasteiger partial charge in [-0.25, -0.2) is 4.79 Å². The van der Waals surface area contributed by atoms with E-state index in [4.69, 9.17) is 0 Å². The minimum Gasteiger partial charge on any atom is -0.435 e. The molecule has 1 aliphatic rings. The molecule has 1 saturated heterocycles. The number of thioether (sulfide) groups is 1. The predicted molar refractivity (Wildman–Crippen MR) is 124 cm³/mol. The number of rotatable bonds is 6. The summed E-state index contributed by atoms with van der Waals surface area (Å²) in [6.07, 6.45) is -0.466. The van der Waals surface area contributed by atoms with Crippen LogP contribution in [0.2, 0.25) is 0 Å². The van der Waals surface area contributed by atoms with Gasteiger partial charge in [0.05, 0.1) is 5.92 Å². The lowest BCUT2D eigenvalue weighted by Gasteiger charge is -2.31. The van der Waals surface area contributed by atoms with Crippen LogP contribution in [0.3, 0.4) is 0 Å². The van der Waals surface area contributed by atoms with Crippen LogP contribution in [0, 0.1) is 5.92 Å². The van der Waals surface area contributed by atoms with E-state index in [1.807, 2.05) is 37.3 Å². The summed E-state index contributed by atoms with van der Waals surface area (Å²) in [5.41, 5.74) is 1.06. The van der Waals surface area contributed by atoms with Crippen LogP contribution >= 0.6 is 23.5 Å². The second-order valence-corrected chi connectivity index (χ2v) is 10.5. The van der Waals surface area contributed by atoms with Crippen LogP contribution < -0.4 is 0 Å². The van der Waals surface area contributed by atoms with Gasteiger partial charge in [0, 0.05) is 34.8 Å². The van der Waals surface area contributed by atoms with E-state index in [-0.39, 0.29) is 29.5 Å². The summed E-state index contributed by atoms with van der Waals surface area (Å²) in [5, 5.41) is 10.0. The Morgan fingerprint density at radius 3 is 2.26 bits per heavy atom. The molecule has 164 valence electrons. The van der Waals surface area contributed by atoms with Gasteiger partial charge in [0.15, 0.2) is 5.12 Å². The molecule has 1 fully saturated rings. The van der Waals surface area contributed by atoms with Crippen molar-refractivity contribution in [2.75, 3.05) is 12.3 Å². The molecule has 2 amide bonds. The highest BCUT2D eigenvalue weighted by Crippen LogP contribution is 2.40. The Balaban J connectivity index is 1.76. The summed E-state index contributed by atoms with van der Waals surface area (Å²) < 4.78 is -0.565. The van der Waals surface area contributed by atoms with Gasteiger partial charge in [-0.2, -0.15) is 9.28 Å². The van der Waals surface area contributed by atoms with E-state index in [9.17, 15) is 19.5 Å². The predicted octanol–water partition coefficient (Wildman–Crippen LogP) is 5.65. The average Bonchev–Trinajstić information content (AvgIpc) is 3.11. The number of benzene rings is 2. The van der Waals surface area contributed by atoms with Gasteiger partial charge in [-0.05, 0) is 43.7 Å². The number of quaternary nitrogens is 1. The third-order valence-corrected chi connectivity index (χ3v) is 8.00. The molecule has 1 aliphatic heterocycles. The normalized spacial score (nSPS) is 24.0. The summed E-state index contributed by atoms with van der Waals surface area (Å²) in [7, 11) is 0. The first kappa shape index (κ1) is 23.6. The Morgan fingerprint density at radius 1 is 1.06 bits per heavy atom. The molecule has 31 heavy (non-hydrogen) atoms. The fraction of sp³-hybridized carbons (Fsp3) is 0.375. The van der Waals surface area contributed by atoms with Crippen molar-refractivity contribution in [3.05, 3.63) is 60.2 Å². The lowest BCUT2D eigenvalue weighted by atomic mass is 9.97. The molecule has 0 aromatic heterocycles. The lowest BCUT2D eigenvalue weighted by Crippen LogP contribution is -2.60. The molecular formula is C24H28NO4S2+. The quantitative estimate of drug-likeness (QED) is 0.564. The molecule has 5 nitrogen and oxygen atoms in total. The van der Waals surface area contributed by atoms with Crippen molar-refractivity contribution in [3.63, 3.8) is 0 Å². The molecule has 0 bridgehead atoms. The fourth-order valence-electron chi connectivity index (χ4n) is 4.24. The van der Waals surface area contributed by atoms with Gasteiger partial charge in [0.25, 0.3) is 0 Å². The summed E-state index contributed by atoms with van der Waals surface area (Å²) in [4.78, 5) is 39.1. The smallest absolute Gasteiger partial charge is 0.435 e. The molecule has 0 saturated carbocycles. The van der Waals surface area contributed by atoms with E-state index >= 15 is 0 Å². The highest BCUT2D eigenvalue weighted by atomic mass is 32.2. The van der Waals surface area contributed by atoms with Crippen LogP contribution in [0.5, 0.6) is 0 Å². The second kappa shape index (κ2) is 10.0. The van der Waals surface area contributed by atoms with Crippen molar-refractivity contribution in [1.82, 2.24) is 0 Å². The molecule has 2 aromatic carbocycles. The summed E-state index contributed by atoms with van der Waals surface area (Å²) >= 11 is 2.75. The standard InChI is InChI=1S/C24H27NO4S2/c1-16(15-30-18(3)26)23(27)25(24(28)29)14-20(13-17(25)2)19-9-11-22(12-10-19)31-21-7-5-4-6-8-21/h4-12,16-17,20H,13-15H2,1-3H3/p+1/t16?,17?,20-,25-/m0/s1. The number of amides is 2. The number of likely N-dealkylation sites (tertiary alicyclic amines) is 1. The molecule has 0 spiro atoms. The topological polar surface area (TPSA) is 71.4 Å². The van der Waals surface area contributed by atoms with Crippen LogP contribution in [-0.4, -0.2) is 45.0 Å². The van der Waals surface area contributed by atoms with Crippen molar-refractivity contribution < 1.29 is 24.0 Å². The van der Waals surface area contributed by atoms with Gasteiger partial charge in [-0.1, -0.05) is 53.9 Å². The zero-order valence-electron chi connectivity index (χ0n) is 18.0. The van der Waals surface area contributed by atoms with E-state index in [0.29, 0.717) is 12.2 Å². The Kier molecular flexibility index (Phi) is 7.62. The zero-order valence-corrected chi connectivity index (χ0v) is 19.6. The van der Waals surface area contributed by atoms with Crippen molar-refractivity contribution in [1.29, 1.82) is 0 Å². The molecule has 7 heteroatoms. The maximum Gasteiger partial charge on any atom is 0.521 e. The van der Waals surface area contributed by atoms with Gasteiger partial charge >= 0.3 is 12.0 Å². The van der Waals surface area contributed by atoms with E-state index < -0.39 is 16.5 Å². The van der Waals surface area contributed by atoms with E-state index in [2.05, 4.69) is 24.3 Å². The van der Waals surface area contributed by atoms with Crippen LogP contribution in [0.25, 0.3) is 0 Å². The lowest BCUT2D eigenvalue weighted by molar-refractivity contribution is -0.794. The van der Waals surface area contributed by atoms with Crippen molar-refractivity contribution in [2.45, 2.75) is 48.9 Å². The Labute approximate surface area is 191 Å². The Hall–Kier alpha value is -2.09. The maximum atomic E-state index is 13.2. The number of carboxylic acid groups (broad SMARTS) is 1. The SMILES string of the molecule is CC(=O)SCC(C)C(=O)[N@+]1(C(=O)O)C[C@@H](c2ccc(Sc3ccccc3)cc2)CC1C. The Morgan fingerprint density at radius 2 is 1.68 bits per heavy atom. The number of hydrogen-bond acceptors (Lipinski definition) is 5. The maximum absolute atomic E-state index is 13.2. The summed E-state index contributed by atoms with van der Waals surface area (Å²) in [6, 6.07) is 18.0. The minimum atomic E-state index is -1.10. The molecule has 0 radical (unpaired) electrons. The summed E-state index contributed by atoms with van der Waals surface area (Å²) in [6.45, 7) is 5.26. The average molecular weight is 459 g/mol. The molecular weight excluding hydrogens is 430 g/mol. The van der Waals surface area contributed by atoms with Crippen molar-refractivity contribution in [2.24, 2.45) is 5.92 Å². The Bertz CT molecular complexity index is 948. The number of nitrogens with zero attached hydrogens (tertiary/aromatic N) is 1. The number of hydrogen-bond donors (Lipinski definition) is 1. The van der Waals surface area contributed by atoms with E-state index in [1.165, 1.54) is 6.92 Å². The summed E-state index contributed by atoms with van der Waals surface area (Å²) in [5.74, 6) is -0.508. The van der Waals surface area contributed by atoms with Gasteiger partial charge in [0.1, 0.15) is 12.6 Å². The molecule has 3 rings (SSSR count). The van der Waals surface area contributed by atoms with Gasteiger partial charge in [-0.3, -0.25) is 4.79 Å². The van der Waals surface area contributed by atoms with Gasteiger partial charge in [0.2, 0.25) is 0 Å². The molecule has 2 unspecified atom stereocenters. The molecule has 1 heterocycles. The van der Waals surface area contributed by atoms with Gasteiger partial charge < -0.3 is 5.11 Å². The zero-order chi connectivity index (χ0) is 22.6. The van der Waals surface area contributed by atoms with Crippen LogP contribution in [-0.2, 0) is 9.59 Å². The number of carbonyl (C=O) groups is 3. The first-order valence-corrected chi connectivity index (χ1v) is 12.2. The number of carbonyl (C=O) groups excluding carboxylic acids is 2. The largest absolute Gasteiger partial charge is 0.521 e. The third-order valence-electron chi connectivity index (χ3n) is 5.91. The molecule has 2 aromatic rings.